The van der Waals surface area contributed by atoms with E-state index in [4.69, 9.17) is 5.73 Å². The second-order valence-electron chi connectivity index (χ2n) is 6.83. The lowest BCUT2D eigenvalue weighted by atomic mass is 9.84. The Labute approximate surface area is 170 Å². The first-order valence-corrected chi connectivity index (χ1v) is 9.21. The Morgan fingerprint density at radius 3 is 2.77 bits per heavy atom. The first-order valence-electron chi connectivity index (χ1n) is 9.21. The summed E-state index contributed by atoms with van der Waals surface area (Å²) in [6, 6.07) is 9.38. The number of halogens is 2. The third-order valence-electron chi connectivity index (χ3n) is 4.98. The molecule has 30 heavy (non-hydrogen) atoms. The lowest BCUT2D eigenvalue weighted by molar-refractivity contribution is 0.229. The number of nitrogens with one attached hydrogen (secondary N) is 1. The minimum atomic E-state index is -2.15. The number of rotatable bonds is 6. The van der Waals surface area contributed by atoms with Gasteiger partial charge in [0.05, 0.1) is 18.6 Å². The van der Waals surface area contributed by atoms with E-state index in [9.17, 15) is 9.18 Å². The van der Waals surface area contributed by atoms with Gasteiger partial charge in [0, 0.05) is 13.0 Å². The molecule has 3 aromatic rings. The number of alkyl halides is 1. The van der Waals surface area contributed by atoms with Crippen molar-refractivity contribution in [3.63, 3.8) is 0 Å². The second kappa shape index (κ2) is 7.99. The topological polar surface area (TPSA) is 107 Å². The normalized spacial score (nSPS) is 19.5. The summed E-state index contributed by atoms with van der Waals surface area (Å²) in [5.74, 6) is -0.0266. The molecule has 0 saturated carbocycles. The van der Waals surface area contributed by atoms with Crippen molar-refractivity contribution >= 4 is 11.3 Å². The Balaban J connectivity index is 1.80. The maximum Gasteiger partial charge on any atom is 0.350 e. The van der Waals surface area contributed by atoms with Crippen LogP contribution in [-0.2, 0) is 12.2 Å². The number of hydrogen-bond donors (Lipinski definition) is 2. The molecule has 3 N–H and O–H groups in total. The number of H-pyrrole nitrogens is 1. The SMILES string of the molecule is NC/C(=C\F)Cn1ncn(C2=CC=C(c3ccccc3)CC2(F)c2ncn[nH]2)c1=O. The monoisotopic (exact) mass is 411 g/mol. The van der Waals surface area contributed by atoms with Crippen LogP contribution in [0, 0.1) is 0 Å². The molecule has 0 spiro atoms. The van der Waals surface area contributed by atoms with E-state index in [-0.39, 0.29) is 36.6 Å². The molecule has 1 unspecified atom stereocenters. The van der Waals surface area contributed by atoms with Gasteiger partial charge in [0.2, 0.25) is 5.67 Å². The molecule has 0 fully saturated rings. The van der Waals surface area contributed by atoms with Crippen LogP contribution in [0.3, 0.4) is 0 Å². The summed E-state index contributed by atoms with van der Waals surface area (Å²) in [6.07, 6.45) is 5.97. The predicted octanol–water partition coefficient (Wildman–Crippen LogP) is 2.17. The average Bonchev–Trinajstić information content (AvgIpc) is 3.44. The lowest BCUT2D eigenvalue weighted by Crippen LogP contribution is -2.35. The van der Waals surface area contributed by atoms with E-state index in [0.29, 0.717) is 6.33 Å². The van der Waals surface area contributed by atoms with Crippen molar-refractivity contribution in [2.45, 2.75) is 18.6 Å². The fourth-order valence-electron chi connectivity index (χ4n) is 3.39. The first kappa shape index (κ1) is 19.6. The number of benzene rings is 1. The van der Waals surface area contributed by atoms with Gasteiger partial charge in [-0.15, -0.1) is 0 Å². The molecule has 2 aromatic heterocycles. The zero-order chi connectivity index (χ0) is 21.1. The average molecular weight is 411 g/mol. The van der Waals surface area contributed by atoms with Gasteiger partial charge in [-0.25, -0.2) is 27.8 Å². The van der Waals surface area contributed by atoms with Gasteiger partial charge in [-0.3, -0.25) is 5.10 Å². The molecule has 154 valence electrons. The summed E-state index contributed by atoms with van der Waals surface area (Å²) in [5.41, 5.74) is 4.50. The molecule has 8 nitrogen and oxygen atoms in total. The Morgan fingerprint density at radius 2 is 2.10 bits per heavy atom. The van der Waals surface area contributed by atoms with Crippen molar-refractivity contribution < 1.29 is 8.78 Å². The third kappa shape index (κ3) is 3.41. The van der Waals surface area contributed by atoms with Gasteiger partial charge in [0.1, 0.15) is 12.7 Å². The Morgan fingerprint density at radius 1 is 1.30 bits per heavy atom. The van der Waals surface area contributed by atoms with Crippen LogP contribution in [-0.4, -0.2) is 36.1 Å². The summed E-state index contributed by atoms with van der Waals surface area (Å²) >= 11 is 0. The van der Waals surface area contributed by atoms with Crippen LogP contribution in [0.5, 0.6) is 0 Å². The fraction of sp³-hybridized carbons (Fsp3) is 0.200. The van der Waals surface area contributed by atoms with E-state index in [0.717, 1.165) is 20.4 Å². The van der Waals surface area contributed by atoms with E-state index < -0.39 is 11.4 Å². The highest BCUT2D eigenvalue weighted by Gasteiger charge is 2.44. The van der Waals surface area contributed by atoms with Crippen LogP contribution < -0.4 is 11.4 Å². The number of nitrogens with two attached hydrogens (primary N) is 1. The van der Waals surface area contributed by atoms with E-state index in [2.05, 4.69) is 20.3 Å². The van der Waals surface area contributed by atoms with E-state index in [1.54, 1.807) is 6.08 Å². The molecule has 0 aliphatic heterocycles. The molecule has 1 aliphatic carbocycles. The lowest BCUT2D eigenvalue weighted by Gasteiger charge is -2.30. The Kier molecular flexibility index (Phi) is 5.23. The maximum atomic E-state index is 16.5. The van der Waals surface area contributed by atoms with Gasteiger partial charge in [-0.2, -0.15) is 10.2 Å². The third-order valence-corrected chi connectivity index (χ3v) is 4.98. The summed E-state index contributed by atoms with van der Waals surface area (Å²) in [4.78, 5) is 16.8. The minimum Gasteiger partial charge on any atom is -0.327 e. The summed E-state index contributed by atoms with van der Waals surface area (Å²) in [6.45, 7) is -0.189. The molecular formula is C20H19F2N7O. The van der Waals surface area contributed by atoms with Crippen molar-refractivity contribution in [1.29, 1.82) is 0 Å². The van der Waals surface area contributed by atoms with E-state index in [1.807, 2.05) is 30.3 Å². The highest BCUT2D eigenvalue weighted by atomic mass is 19.1. The zero-order valence-corrected chi connectivity index (χ0v) is 15.9. The van der Waals surface area contributed by atoms with Gasteiger partial charge in [-0.1, -0.05) is 36.4 Å². The van der Waals surface area contributed by atoms with E-state index >= 15 is 4.39 Å². The zero-order valence-electron chi connectivity index (χ0n) is 15.9. The molecule has 0 amide bonds. The fourth-order valence-corrected chi connectivity index (χ4v) is 3.39. The second-order valence-corrected chi connectivity index (χ2v) is 6.83. The van der Waals surface area contributed by atoms with Gasteiger partial charge in [0.25, 0.3) is 0 Å². The Hall–Kier alpha value is -3.66. The largest absolute Gasteiger partial charge is 0.350 e. The van der Waals surface area contributed by atoms with Crippen LogP contribution in [0.4, 0.5) is 8.78 Å². The quantitative estimate of drug-likeness (QED) is 0.646. The molecule has 4 rings (SSSR count). The smallest absolute Gasteiger partial charge is 0.327 e. The van der Waals surface area contributed by atoms with Crippen LogP contribution in [0.15, 0.2) is 71.8 Å². The van der Waals surface area contributed by atoms with Gasteiger partial charge < -0.3 is 5.73 Å². The van der Waals surface area contributed by atoms with Gasteiger partial charge in [0.15, 0.2) is 5.82 Å². The Bertz CT molecular complexity index is 1180. The molecule has 10 heteroatoms. The van der Waals surface area contributed by atoms with Crippen LogP contribution in [0.25, 0.3) is 11.3 Å². The number of allylic oxidation sites excluding steroid dienone is 4. The molecule has 0 saturated heterocycles. The molecule has 1 atom stereocenters. The number of hydrogen-bond acceptors (Lipinski definition) is 5. The molecular weight excluding hydrogens is 392 g/mol. The maximum absolute atomic E-state index is 16.5. The minimum absolute atomic E-state index is 0.0266. The van der Waals surface area contributed by atoms with Crippen molar-refractivity contribution in [3.05, 3.63) is 88.9 Å². The first-order chi connectivity index (χ1) is 14.6. The highest BCUT2D eigenvalue weighted by molar-refractivity contribution is 5.77. The molecule has 0 bridgehead atoms. The van der Waals surface area contributed by atoms with E-state index in [1.165, 1.54) is 18.7 Å². The van der Waals surface area contributed by atoms with Crippen LogP contribution in [0.2, 0.25) is 0 Å². The molecule has 2 heterocycles. The van der Waals surface area contributed by atoms with Crippen molar-refractivity contribution in [3.8, 4) is 0 Å². The number of nitrogens with zero attached hydrogens (tertiary/aromatic N) is 5. The molecule has 1 aromatic carbocycles. The number of aromatic nitrogens is 6. The van der Waals surface area contributed by atoms with Crippen molar-refractivity contribution in [2.24, 2.45) is 5.73 Å². The summed E-state index contributed by atoms with van der Waals surface area (Å²) < 4.78 is 31.5. The van der Waals surface area contributed by atoms with Gasteiger partial charge in [-0.05, 0) is 22.8 Å². The van der Waals surface area contributed by atoms with Crippen molar-refractivity contribution in [1.82, 2.24) is 29.5 Å². The standard InChI is InChI=1S/C20H19F2N7O/c21-9-14(10-23)11-29-19(30)28(13-26-29)17-7-6-16(15-4-2-1-3-5-15)8-20(17,22)18-24-12-25-27-18/h1-7,9,12-13H,8,10-11,23H2,(H,24,25,27)/b14-9+. The van der Waals surface area contributed by atoms with Gasteiger partial charge >= 0.3 is 5.69 Å². The van der Waals surface area contributed by atoms with Crippen molar-refractivity contribution in [2.75, 3.05) is 6.54 Å². The molecule has 1 aliphatic rings. The number of aromatic amines is 1. The summed E-state index contributed by atoms with van der Waals surface area (Å²) in [7, 11) is 0. The van der Waals surface area contributed by atoms with Crippen LogP contribution >= 0.6 is 0 Å². The molecule has 0 radical (unpaired) electrons. The predicted molar refractivity (Wildman–Crippen MR) is 107 cm³/mol. The highest BCUT2D eigenvalue weighted by Crippen LogP contribution is 2.45. The summed E-state index contributed by atoms with van der Waals surface area (Å²) in [5, 5.41) is 10.3. The van der Waals surface area contributed by atoms with Crippen LogP contribution in [0.1, 0.15) is 17.8 Å².